The number of carbonyl (C=O) groups is 1. The second kappa shape index (κ2) is 7.02. The van der Waals surface area contributed by atoms with E-state index in [2.05, 4.69) is 0 Å². The van der Waals surface area contributed by atoms with Crippen molar-refractivity contribution in [2.24, 2.45) is 0 Å². The number of hydrogen-bond acceptors (Lipinski definition) is 3. The van der Waals surface area contributed by atoms with Crippen LogP contribution in [0.15, 0.2) is 18.2 Å². The molecule has 0 aliphatic heterocycles. The summed E-state index contributed by atoms with van der Waals surface area (Å²) >= 11 is 0. The van der Waals surface area contributed by atoms with Gasteiger partial charge in [0.2, 0.25) is 0 Å². The number of methoxy groups -OCH3 is 1. The molecule has 19 heavy (non-hydrogen) atoms. The standard InChI is InChI=1S/C15H23NO3/c1-6-16(7-2)15(17)12-9-8-10-13(18-5)14(12)19-11(3)4/h8-11H,6-7H2,1-5H3. The van der Waals surface area contributed by atoms with Gasteiger partial charge in [-0.25, -0.2) is 0 Å². The van der Waals surface area contributed by atoms with Crippen LogP contribution in [0.25, 0.3) is 0 Å². The number of hydrogen-bond donors (Lipinski definition) is 0. The first-order valence-corrected chi connectivity index (χ1v) is 6.68. The van der Waals surface area contributed by atoms with Crippen molar-refractivity contribution in [3.8, 4) is 11.5 Å². The largest absolute Gasteiger partial charge is 0.493 e. The van der Waals surface area contributed by atoms with E-state index in [-0.39, 0.29) is 12.0 Å². The van der Waals surface area contributed by atoms with E-state index in [9.17, 15) is 4.79 Å². The zero-order valence-electron chi connectivity index (χ0n) is 12.4. The Bertz CT molecular complexity index is 425. The first-order valence-electron chi connectivity index (χ1n) is 6.68. The molecular formula is C15H23NO3. The molecule has 0 spiro atoms. The van der Waals surface area contributed by atoms with Gasteiger partial charge in [0.25, 0.3) is 5.91 Å². The van der Waals surface area contributed by atoms with Crippen molar-refractivity contribution in [2.75, 3.05) is 20.2 Å². The molecular weight excluding hydrogens is 242 g/mol. The van der Waals surface area contributed by atoms with Gasteiger partial charge in [0, 0.05) is 13.1 Å². The Morgan fingerprint density at radius 3 is 2.37 bits per heavy atom. The van der Waals surface area contributed by atoms with E-state index in [0.717, 1.165) is 0 Å². The summed E-state index contributed by atoms with van der Waals surface area (Å²) in [6.07, 6.45) is -0.0143. The van der Waals surface area contributed by atoms with Crippen molar-refractivity contribution < 1.29 is 14.3 Å². The summed E-state index contributed by atoms with van der Waals surface area (Å²) in [6.45, 7) is 9.13. The number of nitrogens with zero attached hydrogens (tertiary/aromatic N) is 1. The highest BCUT2D eigenvalue weighted by atomic mass is 16.5. The molecule has 0 atom stereocenters. The van der Waals surface area contributed by atoms with Gasteiger partial charge in [-0.1, -0.05) is 6.07 Å². The maximum Gasteiger partial charge on any atom is 0.257 e. The zero-order chi connectivity index (χ0) is 14.4. The summed E-state index contributed by atoms with van der Waals surface area (Å²) < 4.78 is 11.0. The van der Waals surface area contributed by atoms with Gasteiger partial charge < -0.3 is 14.4 Å². The smallest absolute Gasteiger partial charge is 0.257 e. The number of ether oxygens (including phenoxy) is 2. The van der Waals surface area contributed by atoms with Crippen LogP contribution in [0.1, 0.15) is 38.1 Å². The van der Waals surface area contributed by atoms with Crippen molar-refractivity contribution in [3.63, 3.8) is 0 Å². The second-order valence-corrected chi connectivity index (χ2v) is 4.48. The number of amides is 1. The van der Waals surface area contributed by atoms with Crippen molar-refractivity contribution >= 4 is 5.91 Å². The molecule has 0 saturated heterocycles. The Morgan fingerprint density at radius 1 is 1.26 bits per heavy atom. The number of benzene rings is 1. The van der Waals surface area contributed by atoms with Crippen LogP contribution in [0.2, 0.25) is 0 Å². The molecule has 0 aromatic heterocycles. The van der Waals surface area contributed by atoms with Crippen LogP contribution in [-0.4, -0.2) is 37.1 Å². The number of carbonyl (C=O) groups excluding carboxylic acids is 1. The predicted octanol–water partition coefficient (Wildman–Crippen LogP) is 2.96. The Labute approximate surface area is 115 Å². The minimum absolute atomic E-state index is 0.0143. The van der Waals surface area contributed by atoms with Crippen LogP contribution in [0.3, 0.4) is 0 Å². The van der Waals surface area contributed by atoms with Crippen molar-refractivity contribution in [1.82, 2.24) is 4.90 Å². The van der Waals surface area contributed by atoms with Crippen LogP contribution in [0.5, 0.6) is 11.5 Å². The molecule has 0 unspecified atom stereocenters. The minimum Gasteiger partial charge on any atom is -0.493 e. The van der Waals surface area contributed by atoms with Gasteiger partial charge in [-0.05, 0) is 39.8 Å². The van der Waals surface area contributed by atoms with E-state index in [1.165, 1.54) is 0 Å². The Balaban J connectivity index is 3.21. The Morgan fingerprint density at radius 2 is 1.89 bits per heavy atom. The Hall–Kier alpha value is -1.71. The van der Waals surface area contributed by atoms with Gasteiger partial charge >= 0.3 is 0 Å². The van der Waals surface area contributed by atoms with E-state index in [1.807, 2.05) is 33.8 Å². The molecule has 1 aromatic carbocycles. The zero-order valence-corrected chi connectivity index (χ0v) is 12.4. The summed E-state index contributed by atoms with van der Waals surface area (Å²) in [5.41, 5.74) is 0.553. The molecule has 0 aliphatic carbocycles. The van der Waals surface area contributed by atoms with Crippen LogP contribution in [0.4, 0.5) is 0 Å². The summed E-state index contributed by atoms with van der Waals surface area (Å²) in [7, 11) is 1.58. The maximum atomic E-state index is 12.5. The van der Waals surface area contributed by atoms with Crippen molar-refractivity contribution in [1.29, 1.82) is 0 Å². The van der Waals surface area contributed by atoms with Crippen molar-refractivity contribution in [2.45, 2.75) is 33.8 Å². The molecule has 0 bridgehead atoms. The highest BCUT2D eigenvalue weighted by molar-refractivity contribution is 5.97. The normalized spacial score (nSPS) is 10.4. The van der Waals surface area contributed by atoms with E-state index < -0.39 is 0 Å². The van der Waals surface area contributed by atoms with Gasteiger partial charge in [-0.3, -0.25) is 4.79 Å². The number of para-hydroxylation sites is 1. The molecule has 4 nitrogen and oxygen atoms in total. The lowest BCUT2D eigenvalue weighted by molar-refractivity contribution is 0.0765. The molecule has 0 saturated carbocycles. The lowest BCUT2D eigenvalue weighted by atomic mass is 10.1. The van der Waals surface area contributed by atoms with Gasteiger partial charge in [0.1, 0.15) is 0 Å². The minimum atomic E-state index is -0.0282. The molecule has 1 rings (SSSR count). The van der Waals surface area contributed by atoms with Gasteiger partial charge in [0.15, 0.2) is 11.5 Å². The number of rotatable bonds is 6. The fourth-order valence-electron chi connectivity index (χ4n) is 1.88. The molecule has 0 heterocycles. The molecule has 1 amide bonds. The highest BCUT2D eigenvalue weighted by Crippen LogP contribution is 2.32. The molecule has 4 heteroatoms. The van der Waals surface area contributed by atoms with Gasteiger partial charge in [0.05, 0.1) is 18.8 Å². The fourth-order valence-corrected chi connectivity index (χ4v) is 1.88. The lowest BCUT2D eigenvalue weighted by Crippen LogP contribution is -2.31. The van der Waals surface area contributed by atoms with Crippen LogP contribution < -0.4 is 9.47 Å². The monoisotopic (exact) mass is 265 g/mol. The third-order valence-corrected chi connectivity index (χ3v) is 2.83. The first-order chi connectivity index (χ1) is 9.04. The average Bonchev–Trinajstić information content (AvgIpc) is 2.39. The quantitative estimate of drug-likeness (QED) is 0.793. The molecule has 1 aromatic rings. The highest BCUT2D eigenvalue weighted by Gasteiger charge is 2.21. The van der Waals surface area contributed by atoms with Crippen LogP contribution in [-0.2, 0) is 0 Å². The van der Waals surface area contributed by atoms with Crippen molar-refractivity contribution in [3.05, 3.63) is 23.8 Å². The molecule has 0 fully saturated rings. The van der Waals surface area contributed by atoms with E-state index >= 15 is 0 Å². The van der Waals surface area contributed by atoms with E-state index in [4.69, 9.17) is 9.47 Å². The maximum absolute atomic E-state index is 12.5. The van der Waals surface area contributed by atoms with E-state index in [1.54, 1.807) is 24.1 Å². The molecule has 0 radical (unpaired) electrons. The third kappa shape index (κ3) is 3.63. The van der Waals surface area contributed by atoms with Gasteiger partial charge in [-0.2, -0.15) is 0 Å². The summed E-state index contributed by atoms with van der Waals surface area (Å²) in [5, 5.41) is 0. The fraction of sp³-hybridized carbons (Fsp3) is 0.533. The SMILES string of the molecule is CCN(CC)C(=O)c1cccc(OC)c1OC(C)C. The van der Waals surface area contributed by atoms with Gasteiger partial charge in [-0.15, -0.1) is 0 Å². The lowest BCUT2D eigenvalue weighted by Gasteiger charge is -2.22. The molecule has 106 valence electrons. The molecule has 0 N–H and O–H groups in total. The predicted molar refractivity (Wildman–Crippen MR) is 76.0 cm³/mol. The second-order valence-electron chi connectivity index (χ2n) is 4.48. The first kappa shape index (κ1) is 15.3. The summed E-state index contributed by atoms with van der Waals surface area (Å²) in [6, 6.07) is 5.39. The molecule has 0 aliphatic rings. The average molecular weight is 265 g/mol. The van der Waals surface area contributed by atoms with Crippen LogP contribution in [0, 0.1) is 0 Å². The topological polar surface area (TPSA) is 38.8 Å². The summed E-state index contributed by atoms with van der Waals surface area (Å²) in [4.78, 5) is 14.2. The van der Waals surface area contributed by atoms with Crippen LogP contribution >= 0.6 is 0 Å². The van der Waals surface area contributed by atoms with E-state index in [0.29, 0.717) is 30.2 Å². The third-order valence-electron chi connectivity index (χ3n) is 2.83. The Kier molecular flexibility index (Phi) is 5.67. The summed E-state index contributed by atoms with van der Waals surface area (Å²) in [5.74, 6) is 1.09.